The third kappa shape index (κ3) is 7.25. The van der Waals surface area contributed by atoms with E-state index in [0.717, 1.165) is 29.7 Å². The number of benzene rings is 2. The zero-order valence-corrected chi connectivity index (χ0v) is 19.2. The highest BCUT2D eigenvalue weighted by atomic mass is 16.5. The fraction of sp³-hybridized carbons (Fsp3) is 0.423. The lowest BCUT2D eigenvalue weighted by molar-refractivity contribution is 0.104. The third-order valence-electron chi connectivity index (χ3n) is 4.11. The number of hydrogen-bond donors (Lipinski definition) is 1. The van der Waals surface area contributed by atoms with E-state index < -0.39 is 5.60 Å². The van der Waals surface area contributed by atoms with Crippen molar-refractivity contribution in [2.75, 3.05) is 0 Å². The van der Waals surface area contributed by atoms with Gasteiger partial charge in [0.2, 0.25) is 0 Å². The predicted molar refractivity (Wildman–Crippen MR) is 123 cm³/mol. The minimum Gasteiger partial charge on any atom is -0.508 e. The molecule has 0 spiro atoms. The normalized spacial score (nSPS) is 12.2. The highest BCUT2D eigenvalue weighted by Gasteiger charge is 2.20. The second-order valence-electron chi connectivity index (χ2n) is 9.42. The van der Waals surface area contributed by atoms with Gasteiger partial charge in [-0.25, -0.2) is 0 Å². The molecule has 2 rings (SSSR count). The van der Waals surface area contributed by atoms with Gasteiger partial charge >= 0.3 is 0 Å². The molecule has 1 N–H and O–H groups in total. The zero-order chi connectivity index (χ0) is 22.5. The number of allylic oxidation sites excluding steroid dienone is 1. The monoisotopic (exact) mass is 410 g/mol. The fourth-order valence-electron chi connectivity index (χ4n) is 2.95. The summed E-state index contributed by atoms with van der Waals surface area (Å²) in [5.74, 6) is 1.49. The van der Waals surface area contributed by atoms with Crippen molar-refractivity contribution in [3.63, 3.8) is 0 Å². The summed E-state index contributed by atoms with van der Waals surface area (Å²) >= 11 is 0. The van der Waals surface area contributed by atoms with Crippen molar-refractivity contribution in [3.05, 3.63) is 59.2 Å². The molecule has 0 saturated heterocycles. The number of rotatable bonds is 7. The molecular weight excluding hydrogens is 376 g/mol. The van der Waals surface area contributed by atoms with Gasteiger partial charge in [0.1, 0.15) is 28.5 Å². The van der Waals surface area contributed by atoms with E-state index in [1.165, 1.54) is 18.2 Å². The topological polar surface area (TPSA) is 55.8 Å². The molecule has 4 heteroatoms. The highest BCUT2D eigenvalue weighted by Crippen LogP contribution is 2.35. The lowest BCUT2D eigenvalue weighted by Gasteiger charge is -2.27. The number of hydrogen-bond acceptors (Lipinski definition) is 4. The number of ether oxygens (including phenoxy) is 2. The number of aryl methyl sites for hydroxylation is 1. The molecule has 0 amide bonds. The lowest BCUT2D eigenvalue weighted by atomic mass is 10.0. The lowest BCUT2D eigenvalue weighted by Crippen LogP contribution is -2.25. The molecular formula is C26H34O4. The Morgan fingerprint density at radius 2 is 1.50 bits per heavy atom. The molecule has 0 aromatic heterocycles. The number of phenolic OH excluding ortho intramolecular Hbond substituents is 1. The van der Waals surface area contributed by atoms with Gasteiger partial charge in [0.15, 0.2) is 5.78 Å². The average molecular weight is 411 g/mol. The van der Waals surface area contributed by atoms with Gasteiger partial charge in [0.25, 0.3) is 0 Å². The number of phenols is 1. The molecule has 4 nitrogen and oxygen atoms in total. The van der Waals surface area contributed by atoms with Crippen LogP contribution in [0.4, 0.5) is 0 Å². The quantitative estimate of drug-likeness (QED) is 0.413. The Hall–Kier alpha value is -2.75. The Labute approximate surface area is 180 Å². The summed E-state index contributed by atoms with van der Waals surface area (Å²) < 4.78 is 12.4. The number of carbonyl (C=O) groups excluding carboxylic acids is 1. The van der Waals surface area contributed by atoms with Gasteiger partial charge in [-0.15, -0.1) is 0 Å². The summed E-state index contributed by atoms with van der Waals surface area (Å²) in [4.78, 5) is 12.6. The SMILES string of the molecule is CCCc1cc(C=CC(=O)c2ccc(O)cc2)c(OC(C)(C)C)cc1OC(C)(C)C. The molecule has 0 fully saturated rings. The molecule has 0 aliphatic heterocycles. The van der Waals surface area contributed by atoms with Gasteiger partial charge in [-0.2, -0.15) is 0 Å². The van der Waals surface area contributed by atoms with Gasteiger partial charge in [0, 0.05) is 17.2 Å². The van der Waals surface area contributed by atoms with E-state index in [2.05, 4.69) is 6.92 Å². The van der Waals surface area contributed by atoms with Gasteiger partial charge in [0.05, 0.1) is 0 Å². The minimum atomic E-state index is -0.394. The van der Waals surface area contributed by atoms with E-state index in [1.54, 1.807) is 18.2 Å². The molecule has 162 valence electrons. The number of aromatic hydroxyl groups is 1. The van der Waals surface area contributed by atoms with Crippen molar-refractivity contribution < 1.29 is 19.4 Å². The second kappa shape index (κ2) is 9.38. The minimum absolute atomic E-state index is 0.134. The van der Waals surface area contributed by atoms with Crippen LogP contribution in [0.1, 0.15) is 76.4 Å². The number of ketones is 1. The van der Waals surface area contributed by atoms with Crippen LogP contribution in [-0.4, -0.2) is 22.1 Å². The Balaban J connectivity index is 2.47. The van der Waals surface area contributed by atoms with Crippen LogP contribution in [0, 0.1) is 0 Å². The van der Waals surface area contributed by atoms with Crippen LogP contribution >= 0.6 is 0 Å². The van der Waals surface area contributed by atoms with Crippen molar-refractivity contribution in [3.8, 4) is 17.2 Å². The highest BCUT2D eigenvalue weighted by molar-refractivity contribution is 6.07. The van der Waals surface area contributed by atoms with Crippen LogP contribution in [0.2, 0.25) is 0 Å². The van der Waals surface area contributed by atoms with Gasteiger partial charge < -0.3 is 14.6 Å². The van der Waals surface area contributed by atoms with E-state index >= 15 is 0 Å². The summed E-state index contributed by atoms with van der Waals surface area (Å²) in [7, 11) is 0. The van der Waals surface area contributed by atoms with E-state index in [9.17, 15) is 9.90 Å². The van der Waals surface area contributed by atoms with Crippen LogP contribution in [0.25, 0.3) is 6.08 Å². The van der Waals surface area contributed by atoms with Crippen LogP contribution in [-0.2, 0) is 6.42 Å². The van der Waals surface area contributed by atoms with E-state index in [4.69, 9.17) is 9.47 Å². The molecule has 0 radical (unpaired) electrons. The molecule has 0 heterocycles. The molecule has 30 heavy (non-hydrogen) atoms. The summed E-state index contributed by atoms with van der Waals surface area (Å²) in [5.41, 5.74) is 1.72. The van der Waals surface area contributed by atoms with Gasteiger partial charge in [-0.05, 0) is 96.0 Å². The van der Waals surface area contributed by atoms with Crippen molar-refractivity contribution in [1.29, 1.82) is 0 Å². The summed E-state index contributed by atoms with van der Waals surface area (Å²) in [6, 6.07) is 10.2. The molecule has 0 unspecified atom stereocenters. The van der Waals surface area contributed by atoms with E-state index in [0.29, 0.717) is 11.3 Å². The van der Waals surface area contributed by atoms with Gasteiger partial charge in [-0.3, -0.25) is 4.79 Å². The maximum atomic E-state index is 12.6. The van der Waals surface area contributed by atoms with Crippen LogP contribution in [0.3, 0.4) is 0 Å². The molecule has 0 bridgehead atoms. The summed E-state index contributed by atoms with van der Waals surface area (Å²) in [5, 5.41) is 9.42. The van der Waals surface area contributed by atoms with Crippen molar-refractivity contribution in [1.82, 2.24) is 0 Å². The smallest absolute Gasteiger partial charge is 0.185 e. The molecule has 0 saturated carbocycles. The predicted octanol–water partition coefficient (Wildman–Crippen LogP) is 6.60. The van der Waals surface area contributed by atoms with Crippen LogP contribution in [0.15, 0.2) is 42.5 Å². The standard InChI is InChI=1S/C26H34O4/c1-8-9-19-16-20(12-15-22(28)18-10-13-21(27)14-11-18)24(30-26(5,6)7)17-23(19)29-25(2,3)4/h10-17,27H,8-9H2,1-7H3. The molecule has 2 aromatic carbocycles. The Morgan fingerprint density at radius 3 is 2.03 bits per heavy atom. The van der Waals surface area contributed by atoms with E-state index in [1.807, 2.05) is 53.7 Å². The maximum Gasteiger partial charge on any atom is 0.185 e. The average Bonchev–Trinajstić information content (AvgIpc) is 2.60. The van der Waals surface area contributed by atoms with Crippen LogP contribution in [0.5, 0.6) is 17.2 Å². The van der Waals surface area contributed by atoms with Gasteiger partial charge in [-0.1, -0.05) is 13.3 Å². The van der Waals surface area contributed by atoms with Crippen molar-refractivity contribution >= 4 is 11.9 Å². The largest absolute Gasteiger partial charge is 0.508 e. The first-order valence-electron chi connectivity index (χ1n) is 10.4. The molecule has 0 aliphatic carbocycles. The first-order chi connectivity index (χ1) is 13.9. The zero-order valence-electron chi connectivity index (χ0n) is 19.2. The molecule has 0 atom stereocenters. The second-order valence-corrected chi connectivity index (χ2v) is 9.42. The Kier molecular flexibility index (Phi) is 7.35. The number of carbonyl (C=O) groups is 1. The fourth-order valence-corrected chi connectivity index (χ4v) is 2.95. The van der Waals surface area contributed by atoms with Crippen molar-refractivity contribution in [2.24, 2.45) is 0 Å². The summed E-state index contributed by atoms with van der Waals surface area (Å²) in [6.45, 7) is 14.2. The maximum absolute atomic E-state index is 12.6. The first kappa shape index (κ1) is 23.5. The summed E-state index contributed by atoms with van der Waals surface area (Å²) in [6.07, 6.45) is 5.18. The Morgan fingerprint density at radius 1 is 0.933 bits per heavy atom. The molecule has 0 aliphatic rings. The van der Waals surface area contributed by atoms with E-state index in [-0.39, 0.29) is 17.1 Å². The third-order valence-corrected chi connectivity index (χ3v) is 4.11. The van der Waals surface area contributed by atoms with Crippen molar-refractivity contribution in [2.45, 2.75) is 72.5 Å². The first-order valence-corrected chi connectivity index (χ1v) is 10.4. The molecule has 2 aromatic rings. The Bertz CT molecular complexity index is 894. The van der Waals surface area contributed by atoms with Crippen LogP contribution < -0.4 is 9.47 Å².